The first-order chi connectivity index (χ1) is 9.36. The van der Waals surface area contributed by atoms with Crippen LogP contribution in [-0.2, 0) is 6.42 Å². The minimum Gasteiger partial charge on any atom is -0.369 e. The van der Waals surface area contributed by atoms with E-state index in [4.69, 9.17) is 0 Å². The van der Waals surface area contributed by atoms with Gasteiger partial charge in [0, 0.05) is 49.2 Å². The van der Waals surface area contributed by atoms with E-state index in [0.29, 0.717) is 5.54 Å². The van der Waals surface area contributed by atoms with Gasteiger partial charge >= 0.3 is 0 Å². The molecule has 3 heterocycles. The Morgan fingerprint density at radius 2 is 2.11 bits per heavy atom. The molecule has 4 rings (SSSR count). The Bertz CT molecular complexity index is 453. The maximum Gasteiger partial charge on any atom is 0.131 e. The van der Waals surface area contributed by atoms with Gasteiger partial charge in [-0.3, -0.25) is 0 Å². The van der Waals surface area contributed by atoms with Crippen LogP contribution in [0.2, 0.25) is 0 Å². The van der Waals surface area contributed by atoms with Crippen molar-refractivity contribution < 1.29 is 0 Å². The molecule has 2 aliphatic heterocycles. The summed E-state index contributed by atoms with van der Waals surface area (Å²) in [6.07, 6.45) is 5.74. The van der Waals surface area contributed by atoms with Crippen LogP contribution in [0.3, 0.4) is 0 Å². The van der Waals surface area contributed by atoms with Gasteiger partial charge in [-0.1, -0.05) is 13.8 Å². The molecule has 4 nitrogen and oxygen atoms in total. The number of hydrogen-bond donors (Lipinski definition) is 2. The SMILES string of the molecule is CC.c1cc(N2CCNC3(CC3)C2)c2c(n1)NCC2. The summed E-state index contributed by atoms with van der Waals surface area (Å²) < 4.78 is 0. The lowest BCUT2D eigenvalue weighted by atomic mass is 10.1. The van der Waals surface area contributed by atoms with Crippen LogP contribution in [-0.4, -0.2) is 36.7 Å². The topological polar surface area (TPSA) is 40.2 Å². The monoisotopic (exact) mass is 260 g/mol. The van der Waals surface area contributed by atoms with Crippen molar-refractivity contribution in [1.29, 1.82) is 0 Å². The van der Waals surface area contributed by atoms with Crippen LogP contribution in [0.5, 0.6) is 0 Å². The third-order valence-corrected chi connectivity index (χ3v) is 4.27. The van der Waals surface area contributed by atoms with Crippen molar-refractivity contribution in [3.8, 4) is 0 Å². The standard InChI is InChI=1S/C13H18N4.C2H6/c1-5-14-12-10(1)11(2-6-15-12)17-8-7-16-13(9-17)3-4-13;1-2/h2,6,16H,1,3-5,7-9H2,(H,14,15);1-2H3. The molecule has 0 unspecified atom stereocenters. The molecule has 1 aromatic heterocycles. The zero-order chi connectivity index (χ0) is 13.3. The first-order valence-electron chi connectivity index (χ1n) is 7.58. The summed E-state index contributed by atoms with van der Waals surface area (Å²) in [4.78, 5) is 6.97. The Balaban J connectivity index is 0.000000528. The van der Waals surface area contributed by atoms with Gasteiger partial charge in [0.05, 0.1) is 0 Å². The molecule has 3 aliphatic rings. The van der Waals surface area contributed by atoms with Gasteiger partial charge in [0.1, 0.15) is 5.82 Å². The molecule has 0 bridgehead atoms. The Morgan fingerprint density at radius 3 is 2.89 bits per heavy atom. The number of pyridine rings is 1. The number of hydrogen-bond acceptors (Lipinski definition) is 4. The third kappa shape index (κ3) is 2.29. The van der Waals surface area contributed by atoms with E-state index in [1.54, 1.807) is 0 Å². The van der Waals surface area contributed by atoms with Crippen molar-refractivity contribution in [2.45, 2.75) is 38.6 Å². The number of rotatable bonds is 1. The second-order valence-corrected chi connectivity index (χ2v) is 5.46. The van der Waals surface area contributed by atoms with Crippen molar-refractivity contribution >= 4 is 11.5 Å². The minimum absolute atomic E-state index is 0.445. The van der Waals surface area contributed by atoms with E-state index in [-0.39, 0.29) is 0 Å². The van der Waals surface area contributed by atoms with E-state index in [1.165, 1.54) is 30.6 Å². The number of aromatic nitrogens is 1. The molecular formula is C15H24N4. The second-order valence-electron chi connectivity index (χ2n) is 5.46. The predicted molar refractivity (Wildman–Crippen MR) is 80.0 cm³/mol. The first kappa shape index (κ1) is 12.7. The Kier molecular flexibility index (Phi) is 3.35. The molecule has 2 N–H and O–H groups in total. The third-order valence-electron chi connectivity index (χ3n) is 4.27. The number of fused-ring (bicyclic) bond motifs is 1. The molecule has 0 atom stereocenters. The molecule has 1 saturated carbocycles. The molecule has 1 aromatic rings. The zero-order valence-corrected chi connectivity index (χ0v) is 12.0. The van der Waals surface area contributed by atoms with E-state index in [9.17, 15) is 0 Å². The van der Waals surface area contributed by atoms with Crippen LogP contribution >= 0.6 is 0 Å². The van der Waals surface area contributed by atoms with Crippen molar-refractivity contribution in [1.82, 2.24) is 10.3 Å². The summed E-state index contributed by atoms with van der Waals surface area (Å²) >= 11 is 0. The van der Waals surface area contributed by atoms with Gasteiger partial charge in [0.2, 0.25) is 0 Å². The van der Waals surface area contributed by atoms with Crippen LogP contribution in [0.1, 0.15) is 32.3 Å². The van der Waals surface area contributed by atoms with E-state index in [2.05, 4.69) is 26.6 Å². The van der Waals surface area contributed by atoms with Crippen LogP contribution in [0.25, 0.3) is 0 Å². The van der Waals surface area contributed by atoms with Gasteiger partial charge < -0.3 is 15.5 Å². The number of piperazine rings is 1. The average Bonchev–Trinajstić information content (AvgIpc) is 3.04. The number of nitrogens with zero attached hydrogens (tertiary/aromatic N) is 2. The molecule has 1 saturated heterocycles. The molecule has 1 spiro atoms. The fourth-order valence-corrected chi connectivity index (χ4v) is 3.13. The summed E-state index contributed by atoms with van der Waals surface area (Å²) in [5.74, 6) is 1.10. The van der Waals surface area contributed by atoms with Crippen molar-refractivity contribution in [3.63, 3.8) is 0 Å². The maximum atomic E-state index is 4.41. The number of nitrogens with one attached hydrogen (secondary N) is 2. The summed E-state index contributed by atoms with van der Waals surface area (Å²) in [5, 5.41) is 7.03. The van der Waals surface area contributed by atoms with Crippen molar-refractivity contribution in [2.24, 2.45) is 0 Å². The average molecular weight is 260 g/mol. The van der Waals surface area contributed by atoms with Gasteiger partial charge in [0.25, 0.3) is 0 Å². The molecule has 1 aliphatic carbocycles. The van der Waals surface area contributed by atoms with Crippen LogP contribution in [0, 0.1) is 0 Å². The first-order valence-corrected chi connectivity index (χ1v) is 7.58. The number of anilines is 2. The summed E-state index contributed by atoms with van der Waals surface area (Å²) in [6, 6.07) is 2.19. The van der Waals surface area contributed by atoms with Gasteiger partial charge in [0.15, 0.2) is 0 Å². The van der Waals surface area contributed by atoms with Gasteiger partial charge in [-0.25, -0.2) is 4.98 Å². The highest BCUT2D eigenvalue weighted by atomic mass is 15.3. The van der Waals surface area contributed by atoms with Crippen molar-refractivity contribution in [3.05, 3.63) is 17.8 Å². The highest BCUT2D eigenvalue weighted by Crippen LogP contribution is 2.40. The Labute approximate surface area is 115 Å². The molecule has 104 valence electrons. The molecule has 19 heavy (non-hydrogen) atoms. The normalized spacial score (nSPS) is 22.3. The molecule has 0 aromatic carbocycles. The lowest BCUT2D eigenvalue weighted by Gasteiger charge is -2.36. The highest BCUT2D eigenvalue weighted by molar-refractivity contribution is 5.66. The highest BCUT2D eigenvalue weighted by Gasteiger charge is 2.45. The summed E-state index contributed by atoms with van der Waals surface area (Å²) in [7, 11) is 0. The van der Waals surface area contributed by atoms with Gasteiger partial charge in [-0.2, -0.15) is 0 Å². The quantitative estimate of drug-likeness (QED) is 0.810. The fraction of sp³-hybridized carbons (Fsp3) is 0.667. The minimum atomic E-state index is 0.445. The summed E-state index contributed by atoms with van der Waals surface area (Å²) in [5.41, 5.74) is 3.28. The van der Waals surface area contributed by atoms with Gasteiger partial charge in [-0.15, -0.1) is 0 Å². The Morgan fingerprint density at radius 1 is 1.26 bits per heavy atom. The van der Waals surface area contributed by atoms with E-state index in [1.807, 2.05) is 20.0 Å². The molecule has 2 fully saturated rings. The second kappa shape index (κ2) is 5.00. The van der Waals surface area contributed by atoms with Crippen molar-refractivity contribution in [2.75, 3.05) is 36.4 Å². The molecule has 0 amide bonds. The zero-order valence-electron chi connectivity index (χ0n) is 12.0. The largest absolute Gasteiger partial charge is 0.369 e. The van der Waals surface area contributed by atoms with Crippen LogP contribution in [0.4, 0.5) is 11.5 Å². The summed E-state index contributed by atoms with van der Waals surface area (Å²) in [6.45, 7) is 8.45. The Hall–Kier alpha value is -1.29. The smallest absolute Gasteiger partial charge is 0.131 e. The maximum absolute atomic E-state index is 4.41. The van der Waals surface area contributed by atoms with Gasteiger partial charge in [-0.05, 0) is 25.3 Å². The van der Waals surface area contributed by atoms with Crippen LogP contribution in [0.15, 0.2) is 12.3 Å². The fourth-order valence-electron chi connectivity index (χ4n) is 3.13. The van der Waals surface area contributed by atoms with E-state index < -0.39 is 0 Å². The van der Waals surface area contributed by atoms with Crippen LogP contribution < -0.4 is 15.5 Å². The lowest BCUT2D eigenvalue weighted by Crippen LogP contribution is -2.52. The predicted octanol–water partition coefficient (Wildman–Crippen LogP) is 2.02. The molecule has 4 heteroatoms. The van der Waals surface area contributed by atoms with E-state index >= 15 is 0 Å². The molecular weight excluding hydrogens is 236 g/mol. The lowest BCUT2D eigenvalue weighted by molar-refractivity contribution is 0.442. The molecule has 0 radical (unpaired) electrons. The van der Waals surface area contributed by atoms with E-state index in [0.717, 1.165) is 31.9 Å².